The molecule has 0 fully saturated rings. The average molecular weight is 394 g/mol. The van der Waals surface area contributed by atoms with Gasteiger partial charge in [0, 0.05) is 7.05 Å². The molecule has 8 nitrogen and oxygen atoms in total. The van der Waals surface area contributed by atoms with E-state index in [1.165, 1.54) is 7.05 Å². The fraction of sp³-hybridized carbons (Fsp3) is 0.105. The van der Waals surface area contributed by atoms with Gasteiger partial charge in [-0.1, -0.05) is 48.6 Å². The molecule has 3 rings (SSSR count). The van der Waals surface area contributed by atoms with Crippen molar-refractivity contribution in [3.8, 4) is 0 Å². The van der Waals surface area contributed by atoms with Crippen LogP contribution in [0.5, 0.6) is 0 Å². The number of carbonyl (C=O) groups excluding carboxylic acids is 1. The molecule has 9 heteroatoms. The summed E-state index contributed by atoms with van der Waals surface area (Å²) in [5.41, 5.74) is 14.0. The van der Waals surface area contributed by atoms with Crippen LogP contribution in [0, 0.1) is 5.41 Å². The second kappa shape index (κ2) is 10.3. The van der Waals surface area contributed by atoms with Gasteiger partial charge < -0.3 is 24.3 Å². The molecule has 0 bridgehead atoms. The number of carbonyl (C=O) groups is 2. The Morgan fingerprint density at radius 1 is 1.04 bits per heavy atom. The molecule has 1 aliphatic rings. The largest absolute Gasteiger partial charge is 2.00 e. The van der Waals surface area contributed by atoms with Crippen molar-refractivity contribution in [2.45, 2.75) is 0 Å². The van der Waals surface area contributed by atoms with Crippen molar-refractivity contribution in [1.82, 2.24) is 4.90 Å². The summed E-state index contributed by atoms with van der Waals surface area (Å²) < 4.78 is 0. The molecule has 0 aromatic heterocycles. The summed E-state index contributed by atoms with van der Waals surface area (Å²) in [6, 6.07) is 14.9. The number of amides is 2. The first-order chi connectivity index (χ1) is 12.8. The van der Waals surface area contributed by atoms with Gasteiger partial charge in [0.2, 0.25) is 0 Å². The van der Waals surface area contributed by atoms with E-state index in [0.29, 0.717) is 0 Å². The van der Waals surface area contributed by atoms with E-state index in [1.54, 1.807) is 4.90 Å². The van der Waals surface area contributed by atoms with Gasteiger partial charge in [-0.2, -0.15) is 0 Å². The number of primary amides is 1. The first kappa shape index (κ1) is 23.0. The number of hydrogen-bond acceptors (Lipinski definition) is 3. The number of urea groups is 1. The number of anilines is 2. The Bertz CT molecular complexity index is 862. The Kier molecular flexibility index (Phi) is 8.49. The fourth-order valence-corrected chi connectivity index (χ4v) is 2.50. The molecule has 6 N–H and O–H groups in total. The van der Waals surface area contributed by atoms with Crippen molar-refractivity contribution in [1.29, 1.82) is 5.41 Å². The number of carboxylic acids is 1. The second-order valence-electron chi connectivity index (χ2n) is 5.76. The van der Waals surface area contributed by atoms with E-state index in [4.69, 9.17) is 22.0 Å². The molecule has 2 aromatic rings. The van der Waals surface area contributed by atoms with Crippen molar-refractivity contribution in [3.05, 3.63) is 59.7 Å². The molecular weight excluding hydrogens is 371 g/mol. The zero-order chi connectivity index (χ0) is 20.0. The zero-order valence-electron chi connectivity index (χ0n) is 17.5. The van der Waals surface area contributed by atoms with E-state index in [-0.39, 0.29) is 38.4 Å². The third-order valence-electron chi connectivity index (χ3n) is 3.80. The Morgan fingerprint density at radius 3 is 1.79 bits per heavy atom. The minimum Gasteiger partial charge on any atom is -1.00 e. The monoisotopic (exact) mass is 393 g/mol. The van der Waals surface area contributed by atoms with E-state index < -0.39 is 12.0 Å². The smallest absolute Gasteiger partial charge is 1.00 e. The van der Waals surface area contributed by atoms with E-state index in [2.05, 4.69) is 0 Å². The van der Waals surface area contributed by atoms with Crippen LogP contribution in [0.2, 0.25) is 0 Å². The molecule has 2 amide bonds. The van der Waals surface area contributed by atoms with Crippen LogP contribution in [0.1, 0.15) is 14.0 Å². The van der Waals surface area contributed by atoms with Gasteiger partial charge in [0.25, 0.3) is 0 Å². The zero-order valence-corrected chi connectivity index (χ0v) is 16.9. The number of nitrogens with two attached hydrogens (primary N) is 2. The Balaban J connectivity index is 0. The maximum Gasteiger partial charge on any atom is 2.00 e. The Labute approximate surface area is 182 Å². The van der Waals surface area contributed by atoms with E-state index in [9.17, 15) is 9.59 Å². The number of para-hydroxylation sites is 2. The molecule has 0 saturated carbocycles. The van der Waals surface area contributed by atoms with Crippen molar-refractivity contribution in [2.24, 2.45) is 11.5 Å². The maximum atomic E-state index is 11.8. The summed E-state index contributed by atoms with van der Waals surface area (Å²) in [5.74, 6) is -1.23. The predicted octanol–water partition coefficient (Wildman–Crippen LogP) is 2.13. The maximum absolute atomic E-state index is 11.8. The topological polar surface area (TPSA) is 137 Å². The van der Waals surface area contributed by atoms with Crippen LogP contribution in [0.25, 0.3) is 12.2 Å². The van der Waals surface area contributed by atoms with E-state index >= 15 is 0 Å². The molecule has 0 atom stereocenters. The van der Waals surface area contributed by atoms with Gasteiger partial charge in [-0.15, -0.1) is 0 Å². The first-order valence-electron chi connectivity index (χ1n) is 8.04. The number of guanidine groups is 1. The third-order valence-corrected chi connectivity index (χ3v) is 3.80. The van der Waals surface area contributed by atoms with Crippen LogP contribution in [-0.2, 0) is 4.79 Å². The first-order valence-corrected chi connectivity index (χ1v) is 8.04. The van der Waals surface area contributed by atoms with Crippen LogP contribution >= 0.6 is 0 Å². The molecule has 2 aromatic carbocycles. The fourth-order valence-electron chi connectivity index (χ4n) is 2.50. The SMILES string of the molecule is CN(CC(=O)O)C(=N)N.NC(=O)N1c2ccccc2C=Cc2ccccc21.[H-].[H-].[Mg+2]. The second-order valence-corrected chi connectivity index (χ2v) is 5.76. The van der Waals surface area contributed by atoms with Crippen LogP contribution in [0.3, 0.4) is 0 Å². The van der Waals surface area contributed by atoms with Gasteiger partial charge in [-0.25, -0.2) is 4.79 Å². The summed E-state index contributed by atoms with van der Waals surface area (Å²) in [4.78, 5) is 24.3. The Morgan fingerprint density at radius 2 is 1.46 bits per heavy atom. The van der Waals surface area contributed by atoms with Crippen LogP contribution in [0.4, 0.5) is 16.2 Å². The van der Waals surface area contributed by atoms with Gasteiger partial charge >= 0.3 is 35.1 Å². The minimum absolute atomic E-state index is 0. The van der Waals surface area contributed by atoms with Gasteiger partial charge in [0.15, 0.2) is 5.96 Å². The van der Waals surface area contributed by atoms with Crippen LogP contribution < -0.4 is 16.4 Å². The number of fused-ring (bicyclic) bond motifs is 2. The van der Waals surface area contributed by atoms with Gasteiger partial charge in [-0.3, -0.25) is 15.1 Å². The number of rotatable bonds is 2. The molecule has 0 aliphatic carbocycles. The number of nitrogens with one attached hydrogen (secondary N) is 1. The molecule has 144 valence electrons. The average Bonchev–Trinajstić information content (AvgIpc) is 2.78. The minimum atomic E-state index is -0.993. The van der Waals surface area contributed by atoms with Gasteiger partial charge in [0.1, 0.15) is 6.54 Å². The van der Waals surface area contributed by atoms with E-state index in [0.717, 1.165) is 27.4 Å². The molecule has 1 aliphatic heterocycles. The molecule has 0 radical (unpaired) electrons. The molecule has 0 saturated heterocycles. The number of likely N-dealkylation sites (N-methyl/N-ethyl adjacent to an activating group) is 1. The summed E-state index contributed by atoms with van der Waals surface area (Å²) in [6.07, 6.45) is 3.99. The molecular formula is C19H23MgN5O3. The van der Waals surface area contributed by atoms with Crippen LogP contribution in [-0.4, -0.2) is 64.6 Å². The molecule has 28 heavy (non-hydrogen) atoms. The van der Waals surface area contributed by atoms with Crippen molar-refractivity contribution in [3.63, 3.8) is 0 Å². The van der Waals surface area contributed by atoms with Gasteiger partial charge in [0.05, 0.1) is 11.4 Å². The Hall–Kier alpha value is -3.04. The third kappa shape index (κ3) is 5.73. The van der Waals surface area contributed by atoms with Crippen molar-refractivity contribution >= 4 is 64.5 Å². The summed E-state index contributed by atoms with van der Waals surface area (Å²) in [7, 11) is 1.44. The van der Waals surface area contributed by atoms with E-state index in [1.807, 2.05) is 60.7 Å². The quantitative estimate of drug-likeness (QED) is 0.352. The summed E-state index contributed by atoms with van der Waals surface area (Å²) in [6.45, 7) is -0.227. The normalized spacial score (nSPS) is 10.8. The molecule has 0 spiro atoms. The number of benzene rings is 2. The standard InChI is InChI=1S/C15H12N2O.C4H9N3O2.Mg.2H/c16-15(18)17-13-7-3-1-5-11(13)9-10-12-6-2-4-8-14(12)17;1-7(4(5)6)2-3(8)9;;;/h1-10H,(H2,16,18);2H2,1H3,(H3,5,6)(H,8,9);;;/q;;+2;2*-1. The van der Waals surface area contributed by atoms with Crippen molar-refractivity contribution in [2.75, 3.05) is 18.5 Å². The predicted molar refractivity (Wildman–Crippen MR) is 114 cm³/mol. The van der Waals surface area contributed by atoms with Crippen molar-refractivity contribution < 1.29 is 17.5 Å². The summed E-state index contributed by atoms with van der Waals surface area (Å²) in [5, 5.41) is 14.9. The number of nitrogens with zero attached hydrogens (tertiary/aromatic N) is 2. The van der Waals surface area contributed by atoms with Crippen LogP contribution in [0.15, 0.2) is 48.5 Å². The van der Waals surface area contributed by atoms with Gasteiger partial charge in [-0.05, 0) is 23.3 Å². The molecule has 0 unspecified atom stereocenters. The molecule has 1 heterocycles. The number of hydrogen-bond donors (Lipinski definition) is 4. The number of carboxylic acid groups (broad SMARTS) is 1. The summed E-state index contributed by atoms with van der Waals surface area (Å²) >= 11 is 0. The number of aliphatic carboxylic acids is 1.